The van der Waals surface area contributed by atoms with E-state index >= 15 is 0 Å². The molecule has 1 fully saturated rings. The maximum atomic E-state index is 5.47. The van der Waals surface area contributed by atoms with Crippen LogP contribution in [0, 0.1) is 6.92 Å². The van der Waals surface area contributed by atoms with Crippen LogP contribution in [-0.2, 0) is 13.1 Å². The average Bonchev–Trinajstić information content (AvgIpc) is 3.18. The van der Waals surface area contributed by atoms with Gasteiger partial charge in [-0.15, -0.1) is 0 Å². The minimum atomic E-state index is 0.621. The van der Waals surface area contributed by atoms with Crippen LogP contribution in [-0.4, -0.2) is 53.2 Å². The minimum absolute atomic E-state index is 0.621. The van der Waals surface area contributed by atoms with Crippen LogP contribution in [0.25, 0.3) is 11.4 Å². The molecule has 0 spiro atoms. The number of aryl methyl sites for hydroxylation is 1. The molecular formula is C22H26N4O2. The molecule has 0 radical (unpaired) electrons. The second kappa shape index (κ2) is 8.54. The molecule has 6 heteroatoms. The molecule has 0 unspecified atom stereocenters. The fourth-order valence-electron chi connectivity index (χ4n) is 3.54. The summed E-state index contributed by atoms with van der Waals surface area (Å²) in [5, 5.41) is 4.12. The number of piperazine rings is 1. The van der Waals surface area contributed by atoms with Gasteiger partial charge in [0.25, 0.3) is 0 Å². The number of benzene rings is 2. The van der Waals surface area contributed by atoms with Crippen molar-refractivity contribution in [3.05, 3.63) is 65.5 Å². The lowest BCUT2D eigenvalue weighted by molar-refractivity contribution is 0.112. The van der Waals surface area contributed by atoms with Gasteiger partial charge in [-0.3, -0.25) is 9.80 Å². The van der Waals surface area contributed by atoms with Gasteiger partial charge in [0.2, 0.25) is 11.7 Å². The number of aromatic nitrogens is 2. The summed E-state index contributed by atoms with van der Waals surface area (Å²) in [6.07, 6.45) is 0. The second-order valence-electron chi connectivity index (χ2n) is 7.28. The molecule has 146 valence electrons. The summed E-state index contributed by atoms with van der Waals surface area (Å²) in [6, 6.07) is 16.4. The van der Waals surface area contributed by atoms with Gasteiger partial charge in [-0.2, -0.15) is 4.98 Å². The predicted molar refractivity (Wildman–Crippen MR) is 108 cm³/mol. The summed E-state index contributed by atoms with van der Waals surface area (Å²) < 4.78 is 10.7. The van der Waals surface area contributed by atoms with Gasteiger partial charge in [0.05, 0.1) is 13.7 Å². The van der Waals surface area contributed by atoms with E-state index in [-0.39, 0.29) is 0 Å². The Morgan fingerprint density at radius 2 is 1.68 bits per heavy atom. The predicted octanol–water partition coefficient (Wildman–Crippen LogP) is 3.37. The Kier molecular flexibility index (Phi) is 5.69. The van der Waals surface area contributed by atoms with E-state index in [1.807, 2.05) is 24.3 Å². The van der Waals surface area contributed by atoms with Gasteiger partial charge in [-0.05, 0) is 36.8 Å². The van der Waals surface area contributed by atoms with Gasteiger partial charge >= 0.3 is 0 Å². The third kappa shape index (κ3) is 4.58. The monoisotopic (exact) mass is 378 g/mol. The molecule has 2 aromatic carbocycles. The van der Waals surface area contributed by atoms with E-state index < -0.39 is 0 Å². The van der Waals surface area contributed by atoms with E-state index in [2.05, 4.69) is 51.1 Å². The molecule has 1 saturated heterocycles. The molecule has 1 aliphatic rings. The fraction of sp³-hybridized carbons (Fsp3) is 0.364. The van der Waals surface area contributed by atoms with Crippen molar-refractivity contribution in [1.29, 1.82) is 0 Å². The summed E-state index contributed by atoms with van der Waals surface area (Å²) in [6.45, 7) is 7.96. The highest BCUT2D eigenvalue weighted by atomic mass is 16.5. The van der Waals surface area contributed by atoms with Crippen LogP contribution in [0.1, 0.15) is 17.0 Å². The first-order chi connectivity index (χ1) is 13.7. The molecule has 0 saturated carbocycles. The lowest BCUT2D eigenvalue weighted by Crippen LogP contribution is -2.45. The third-order valence-corrected chi connectivity index (χ3v) is 5.13. The molecule has 2 heterocycles. The summed E-state index contributed by atoms with van der Waals surface area (Å²) in [7, 11) is 1.65. The van der Waals surface area contributed by atoms with Crippen LogP contribution in [0.5, 0.6) is 5.75 Å². The number of hydrogen-bond donors (Lipinski definition) is 0. The van der Waals surface area contributed by atoms with Crippen molar-refractivity contribution in [2.75, 3.05) is 33.3 Å². The van der Waals surface area contributed by atoms with Crippen molar-refractivity contribution in [3.63, 3.8) is 0 Å². The lowest BCUT2D eigenvalue weighted by Gasteiger charge is -2.33. The topological polar surface area (TPSA) is 54.6 Å². The highest BCUT2D eigenvalue weighted by Crippen LogP contribution is 2.20. The Balaban J connectivity index is 1.29. The Morgan fingerprint density at radius 3 is 2.36 bits per heavy atom. The number of nitrogens with zero attached hydrogens (tertiary/aromatic N) is 4. The molecule has 1 aromatic heterocycles. The third-order valence-electron chi connectivity index (χ3n) is 5.13. The highest BCUT2D eigenvalue weighted by molar-refractivity contribution is 5.55. The molecule has 0 N–H and O–H groups in total. The number of rotatable bonds is 6. The first-order valence-corrected chi connectivity index (χ1v) is 9.67. The Bertz CT molecular complexity index is 899. The maximum Gasteiger partial charge on any atom is 0.241 e. The minimum Gasteiger partial charge on any atom is -0.497 e. The van der Waals surface area contributed by atoms with E-state index in [1.165, 1.54) is 11.1 Å². The fourth-order valence-corrected chi connectivity index (χ4v) is 3.54. The van der Waals surface area contributed by atoms with Gasteiger partial charge in [0.15, 0.2) is 0 Å². The van der Waals surface area contributed by atoms with Crippen molar-refractivity contribution in [2.24, 2.45) is 0 Å². The molecule has 0 amide bonds. The molecule has 3 aromatic rings. The number of hydrogen-bond acceptors (Lipinski definition) is 6. The van der Waals surface area contributed by atoms with Crippen molar-refractivity contribution < 1.29 is 9.26 Å². The second-order valence-corrected chi connectivity index (χ2v) is 7.28. The molecule has 28 heavy (non-hydrogen) atoms. The molecule has 6 nitrogen and oxygen atoms in total. The maximum absolute atomic E-state index is 5.47. The zero-order chi connectivity index (χ0) is 19.3. The first-order valence-electron chi connectivity index (χ1n) is 9.67. The normalized spacial score (nSPS) is 15.6. The highest BCUT2D eigenvalue weighted by Gasteiger charge is 2.19. The Morgan fingerprint density at radius 1 is 0.964 bits per heavy atom. The van der Waals surface area contributed by atoms with Crippen molar-refractivity contribution in [3.8, 4) is 17.1 Å². The molecular weight excluding hydrogens is 352 g/mol. The van der Waals surface area contributed by atoms with Gasteiger partial charge < -0.3 is 9.26 Å². The van der Waals surface area contributed by atoms with Crippen molar-refractivity contribution in [2.45, 2.75) is 20.0 Å². The van der Waals surface area contributed by atoms with E-state index in [4.69, 9.17) is 9.26 Å². The summed E-state index contributed by atoms with van der Waals surface area (Å²) >= 11 is 0. The number of ether oxygens (including phenoxy) is 1. The Labute approximate surface area is 165 Å². The SMILES string of the molecule is COc1ccc(-c2noc(CN3CCN(Cc4cccc(C)c4)CC3)n2)cc1. The van der Waals surface area contributed by atoms with Crippen LogP contribution >= 0.6 is 0 Å². The van der Waals surface area contributed by atoms with Gasteiger partial charge in [0.1, 0.15) is 5.75 Å². The molecule has 1 aliphatic heterocycles. The molecule has 0 bridgehead atoms. The summed E-state index contributed by atoms with van der Waals surface area (Å²) in [5.41, 5.74) is 3.63. The first kappa shape index (κ1) is 18.7. The lowest BCUT2D eigenvalue weighted by atomic mass is 10.1. The number of methoxy groups -OCH3 is 1. The van der Waals surface area contributed by atoms with Crippen molar-refractivity contribution >= 4 is 0 Å². The molecule has 4 rings (SSSR count). The van der Waals surface area contributed by atoms with Gasteiger partial charge in [0, 0.05) is 38.3 Å². The Hall–Kier alpha value is -2.70. The average molecular weight is 378 g/mol. The quantitative estimate of drug-likeness (QED) is 0.656. The van der Waals surface area contributed by atoms with Crippen molar-refractivity contribution in [1.82, 2.24) is 19.9 Å². The van der Waals surface area contributed by atoms with Gasteiger partial charge in [-0.1, -0.05) is 35.0 Å². The summed E-state index contributed by atoms with van der Waals surface area (Å²) in [4.78, 5) is 9.43. The van der Waals surface area contributed by atoms with E-state index in [0.717, 1.165) is 44.0 Å². The van der Waals surface area contributed by atoms with E-state index in [9.17, 15) is 0 Å². The van der Waals surface area contributed by atoms with Gasteiger partial charge in [-0.25, -0.2) is 0 Å². The zero-order valence-electron chi connectivity index (χ0n) is 16.5. The van der Waals surface area contributed by atoms with E-state index in [0.29, 0.717) is 18.3 Å². The molecule has 0 aliphatic carbocycles. The van der Waals surface area contributed by atoms with Crippen LogP contribution in [0.4, 0.5) is 0 Å². The van der Waals surface area contributed by atoms with Crippen LogP contribution in [0.15, 0.2) is 53.1 Å². The largest absolute Gasteiger partial charge is 0.497 e. The zero-order valence-corrected chi connectivity index (χ0v) is 16.5. The summed E-state index contributed by atoms with van der Waals surface area (Å²) in [5.74, 6) is 2.10. The van der Waals surface area contributed by atoms with E-state index in [1.54, 1.807) is 7.11 Å². The van der Waals surface area contributed by atoms with Crippen LogP contribution in [0.2, 0.25) is 0 Å². The smallest absolute Gasteiger partial charge is 0.241 e. The van der Waals surface area contributed by atoms with Crippen LogP contribution < -0.4 is 4.74 Å². The standard InChI is InChI=1S/C22H26N4O2/c1-17-4-3-5-18(14-17)15-25-10-12-26(13-11-25)16-21-23-22(24-28-21)19-6-8-20(27-2)9-7-19/h3-9,14H,10-13,15-16H2,1-2H3. The molecule has 0 atom stereocenters. The van der Waals surface area contributed by atoms with Crippen LogP contribution in [0.3, 0.4) is 0 Å².